The largest absolute Gasteiger partial charge is 0.478 e. The van der Waals surface area contributed by atoms with Gasteiger partial charge in [0, 0.05) is 17.6 Å². The Morgan fingerprint density at radius 2 is 1.61 bits per heavy atom. The minimum atomic E-state index is -1.00. The molecule has 0 aliphatic carbocycles. The molecule has 2 amide bonds. The van der Waals surface area contributed by atoms with Crippen molar-refractivity contribution < 1.29 is 19.5 Å². The van der Waals surface area contributed by atoms with Crippen molar-refractivity contribution in [2.45, 2.75) is 0 Å². The van der Waals surface area contributed by atoms with Crippen LogP contribution >= 0.6 is 0 Å². The number of hydrazine groups is 1. The van der Waals surface area contributed by atoms with Gasteiger partial charge in [-0.2, -0.15) is 0 Å². The normalized spacial score (nSPS) is 15.1. The lowest BCUT2D eigenvalue weighted by atomic mass is 10.2. The zero-order valence-corrected chi connectivity index (χ0v) is 14.6. The van der Waals surface area contributed by atoms with E-state index in [4.69, 9.17) is 5.11 Å². The van der Waals surface area contributed by atoms with Crippen LogP contribution in [0.5, 0.6) is 0 Å². The SMILES string of the molecule is O=C1NN(c2ccccc2)C(=O)/C1=C\c1cccn1-c1ccc(C(=O)O)cc1. The van der Waals surface area contributed by atoms with Crippen molar-refractivity contribution in [2.75, 3.05) is 5.01 Å². The molecular weight excluding hydrogens is 358 g/mol. The van der Waals surface area contributed by atoms with Crippen LogP contribution in [0.1, 0.15) is 16.1 Å². The van der Waals surface area contributed by atoms with Crippen molar-refractivity contribution >= 4 is 29.5 Å². The molecule has 4 rings (SSSR count). The van der Waals surface area contributed by atoms with Gasteiger partial charge < -0.3 is 9.67 Å². The molecule has 1 fully saturated rings. The summed E-state index contributed by atoms with van der Waals surface area (Å²) in [6, 6.07) is 18.7. The Bertz CT molecular complexity index is 1100. The first-order valence-electron chi connectivity index (χ1n) is 8.48. The second-order valence-corrected chi connectivity index (χ2v) is 6.13. The number of hydrogen-bond acceptors (Lipinski definition) is 3. The summed E-state index contributed by atoms with van der Waals surface area (Å²) in [6.45, 7) is 0. The molecule has 1 aliphatic rings. The Morgan fingerprint density at radius 1 is 0.893 bits per heavy atom. The molecule has 138 valence electrons. The number of carbonyl (C=O) groups excluding carboxylic acids is 2. The lowest BCUT2D eigenvalue weighted by Crippen LogP contribution is -2.35. The Kier molecular flexibility index (Phi) is 4.25. The predicted molar refractivity (Wildman–Crippen MR) is 103 cm³/mol. The predicted octanol–water partition coefficient (Wildman–Crippen LogP) is 2.64. The molecular formula is C21H15N3O4. The highest BCUT2D eigenvalue weighted by Crippen LogP contribution is 2.22. The summed E-state index contributed by atoms with van der Waals surface area (Å²) in [6.07, 6.45) is 3.29. The summed E-state index contributed by atoms with van der Waals surface area (Å²) in [5.41, 5.74) is 4.67. The molecule has 2 heterocycles. The molecule has 2 N–H and O–H groups in total. The van der Waals surface area contributed by atoms with Crippen LogP contribution in [-0.2, 0) is 9.59 Å². The van der Waals surface area contributed by atoms with E-state index >= 15 is 0 Å². The monoisotopic (exact) mass is 373 g/mol. The van der Waals surface area contributed by atoms with Crippen molar-refractivity contribution in [1.82, 2.24) is 9.99 Å². The van der Waals surface area contributed by atoms with Crippen molar-refractivity contribution in [2.24, 2.45) is 0 Å². The van der Waals surface area contributed by atoms with Gasteiger partial charge in [0.25, 0.3) is 11.8 Å². The minimum absolute atomic E-state index is 0.0194. The van der Waals surface area contributed by atoms with Crippen LogP contribution in [0.4, 0.5) is 5.69 Å². The summed E-state index contributed by atoms with van der Waals surface area (Å²) in [5.74, 6) is -1.93. The van der Waals surface area contributed by atoms with Crippen molar-refractivity contribution in [1.29, 1.82) is 0 Å². The quantitative estimate of drug-likeness (QED) is 0.543. The minimum Gasteiger partial charge on any atom is -0.478 e. The van der Waals surface area contributed by atoms with Crippen LogP contribution in [0.3, 0.4) is 0 Å². The Hall–Kier alpha value is -4.13. The summed E-state index contributed by atoms with van der Waals surface area (Å²) < 4.78 is 1.77. The van der Waals surface area contributed by atoms with E-state index in [9.17, 15) is 14.4 Å². The lowest BCUT2D eigenvalue weighted by molar-refractivity contribution is -0.117. The third-order valence-corrected chi connectivity index (χ3v) is 4.37. The van der Waals surface area contributed by atoms with E-state index in [1.165, 1.54) is 23.2 Å². The highest BCUT2D eigenvalue weighted by atomic mass is 16.4. The average molecular weight is 373 g/mol. The van der Waals surface area contributed by atoms with Crippen LogP contribution in [-0.4, -0.2) is 27.5 Å². The van der Waals surface area contributed by atoms with Gasteiger partial charge in [0.15, 0.2) is 0 Å². The summed E-state index contributed by atoms with van der Waals surface area (Å²) in [4.78, 5) is 36.1. The number of carboxylic acids is 1. The van der Waals surface area contributed by atoms with Gasteiger partial charge in [-0.05, 0) is 54.6 Å². The van der Waals surface area contributed by atoms with Gasteiger partial charge >= 0.3 is 5.97 Å². The third kappa shape index (κ3) is 3.05. The van der Waals surface area contributed by atoms with E-state index in [1.807, 2.05) is 6.07 Å². The molecule has 0 atom stereocenters. The van der Waals surface area contributed by atoms with Gasteiger partial charge in [-0.1, -0.05) is 18.2 Å². The number of hydrogen-bond donors (Lipinski definition) is 2. The Labute approximate surface area is 160 Å². The number of nitrogens with zero attached hydrogens (tertiary/aromatic N) is 2. The molecule has 1 saturated heterocycles. The fourth-order valence-electron chi connectivity index (χ4n) is 2.98. The summed E-state index contributed by atoms with van der Waals surface area (Å²) >= 11 is 0. The molecule has 28 heavy (non-hydrogen) atoms. The number of aromatic nitrogens is 1. The van der Waals surface area contributed by atoms with E-state index in [-0.39, 0.29) is 11.1 Å². The molecule has 7 heteroatoms. The molecule has 1 aliphatic heterocycles. The average Bonchev–Trinajstić information content (AvgIpc) is 3.29. The fourth-order valence-corrected chi connectivity index (χ4v) is 2.98. The third-order valence-electron chi connectivity index (χ3n) is 4.37. The highest BCUT2D eigenvalue weighted by molar-refractivity contribution is 6.31. The smallest absolute Gasteiger partial charge is 0.335 e. The number of carboxylic acid groups (broad SMARTS) is 1. The zero-order chi connectivity index (χ0) is 19.7. The van der Waals surface area contributed by atoms with E-state index in [0.29, 0.717) is 17.1 Å². The second kappa shape index (κ2) is 6.88. The fraction of sp³-hybridized carbons (Fsp3) is 0. The number of para-hydroxylation sites is 1. The van der Waals surface area contributed by atoms with Gasteiger partial charge in [0.1, 0.15) is 5.57 Å². The molecule has 7 nitrogen and oxygen atoms in total. The van der Waals surface area contributed by atoms with E-state index in [2.05, 4.69) is 5.43 Å². The van der Waals surface area contributed by atoms with Crippen molar-refractivity contribution in [3.05, 3.63) is 89.8 Å². The standard InChI is InChI=1S/C21H15N3O4/c25-19-18(20(26)24(22-19)16-5-2-1-3-6-16)13-17-7-4-12-23(17)15-10-8-14(9-11-15)21(27)28/h1-13H,(H,22,25)(H,27,28)/b18-13-. The van der Waals surface area contributed by atoms with E-state index in [0.717, 1.165) is 0 Å². The number of rotatable bonds is 4. The second-order valence-electron chi connectivity index (χ2n) is 6.13. The summed E-state index contributed by atoms with van der Waals surface area (Å²) in [7, 11) is 0. The topological polar surface area (TPSA) is 91.6 Å². The molecule has 0 spiro atoms. The Morgan fingerprint density at radius 3 is 2.29 bits per heavy atom. The van der Waals surface area contributed by atoms with Crippen LogP contribution in [0.25, 0.3) is 11.8 Å². The number of nitrogens with one attached hydrogen (secondary N) is 1. The van der Waals surface area contributed by atoms with Crippen molar-refractivity contribution in [3.8, 4) is 5.69 Å². The van der Waals surface area contributed by atoms with Crippen LogP contribution in [0.15, 0.2) is 78.5 Å². The van der Waals surface area contributed by atoms with Gasteiger partial charge in [-0.15, -0.1) is 0 Å². The Balaban J connectivity index is 1.67. The van der Waals surface area contributed by atoms with Gasteiger partial charge in [-0.25, -0.2) is 9.80 Å². The maximum absolute atomic E-state index is 12.7. The van der Waals surface area contributed by atoms with Crippen LogP contribution in [0, 0.1) is 0 Å². The molecule has 0 saturated carbocycles. The highest BCUT2D eigenvalue weighted by Gasteiger charge is 2.34. The van der Waals surface area contributed by atoms with Crippen LogP contribution in [0.2, 0.25) is 0 Å². The van der Waals surface area contributed by atoms with E-state index < -0.39 is 17.8 Å². The molecule has 0 radical (unpaired) electrons. The maximum atomic E-state index is 12.7. The van der Waals surface area contributed by atoms with Crippen molar-refractivity contribution in [3.63, 3.8) is 0 Å². The molecule has 1 aromatic heterocycles. The lowest BCUT2D eigenvalue weighted by Gasteiger charge is -2.13. The molecule has 2 aromatic carbocycles. The zero-order valence-electron chi connectivity index (χ0n) is 14.6. The van der Waals surface area contributed by atoms with Crippen LogP contribution < -0.4 is 10.4 Å². The first-order chi connectivity index (χ1) is 13.5. The molecule has 3 aromatic rings. The number of aromatic carboxylic acids is 1. The molecule has 0 unspecified atom stereocenters. The van der Waals surface area contributed by atoms with E-state index in [1.54, 1.807) is 59.3 Å². The van der Waals surface area contributed by atoms with Gasteiger partial charge in [-0.3, -0.25) is 15.0 Å². The number of benzene rings is 2. The number of anilines is 1. The van der Waals surface area contributed by atoms with Gasteiger partial charge in [0.2, 0.25) is 0 Å². The first kappa shape index (κ1) is 17.3. The maximum Gasteiger partial charge on any atom is 0.335 e. The number of carbonyl (C=O) groups is 3. The first-order valence-corrected chi connectivity index (χ1v) is 8.48. The number of amides is 2. The van der Waals surface area contributed by atoms with Gasteiger partial charge in [0.05, 0.1) is 11.3 Å². The summed E-state index contributed by atoms with van der Waals surface area (Å²) in [5, 5.41) is 10.2. The molecule has 0 bridgehead atoms.